The monoisotopic (exact) mass is 731 g/mol. The average Bonchev–Trinajstić information content (AvgIpc) is 3.04. The average molecular weight is 731 g/mol. The molecule has 0 bridgehead atoms. The number of aryl methyl sites for hydroxylation is 2. The van der Waals surface area contributed by atoms with Crippen molar-refractivity contribution >= 4 is 5.82 Å². The standard InChI is InChI=1S/C37H24N5.Ir/c1-24-17-25(2)19-29(18-24)31-11-7-8-12-32(31)33-15-13-27(20-34(33)26-9-5-4-6-10-26)35-16-14-28(23-40-35)37-41-30(22-38)21-36(39-3)42-37;/h4-12,14-21,23H,1-2H3;/q-1;. The minimum absolute atomic E-state index is 0. The van der Waals surface area contributed by atoms with Crippen LogP contribution in [0.25, 0.3) is 60.9 Å². The molecule has 0 N–H and O–H groups in total. The molecule has 0 fully saturated rings. The predicted octanol–water partition coefficient (Wildman–Crippen LogP) is 9.04. The molecule has 0 unspecified atom stereocenters. The van der Waals surface area contributed by atoms with Crippen LogP contribution in [0.4, 0.5) is 5.82 Å². The van der Waals surface area contributed by atoms with E-state index in [1.54, 1.807) is 6.20 Å². The van der Waals surface area contributed by atoms with Gasteiger partial charge in [0.1, 0.15) is 11.8 Å². The molecule has 6 rings (SSSR count). The number of rotatable bonds is 5. The molecule has 0 saturated heterocycles. The van der Waals surface area contributed by atoms with Gasteiger partial charge in [0.2, 0.25) is 0 Å². The maximum atomic E-state index is 9.29. The molecule has 0 aliphatic rings. The molecule has 6 aromatic rings. The van der Waals surface area contributed by atoms with E-state index < -0.39 is 0 Å². The van der Waals surface area contributed by atoms with Gasteiger partial charge in [-0.3, -0.25) is 0 Å². The second kappa shape index (κ2) is 12.7. The fourth-order valence-corrected chi connectivity index (χ4v) is 5.18. The number of hydrogen-bond donors (Lipinski definition) is 0. The number of nitriles is 1. The van der Waals surface area contributed by atoms with Crippen LogP contribution in [-0.2, 0) is 20.1 Å². The molecule has 6 heteroatoms. The third-order valence-electron chi connectivity index (χ3n) is 7.02. The number of benzene rings is 4. The van der Waals surface area contributed by atoms with Crippen molar-refractivity contribution in [3.05, 3.63) is 144 Å². The summed E-state index contributed by atoms with van der Waals surface area (Å²) in [5.41, 5.74) is 11.6. The van der Waals surface area contributed by atoms with Crippen LogP contribution >= 0.6 is 0 Å². The van der Waals surface area contributed by atoms with Crippen molar-refractivity contribution in [3.8, 4) is 62.1 Å². The quantitative estimate of drug-likeness (QED) is 0.166. The molecule has 0 saturated carbocycles. The second-order valence-electron chi connectivity index (χ2n) is 10.1. The Kier molecular flexibility index (Phi) is 8.65. The Morgan fingerprint density at radius 1 is 0.721 bits per heavy atom. The van der Waals surface area contributed by atoms with Gasteiger partial charge in [0.05, 0.1) is 5.56 Å². The summed E-state index contributed by atoms with van der Waals surface area (Å²) in [6.45, 7) is 11.5. The summed E-state index contributed by atoms with van der Waals surface area (Å²) >= 11 is 0. The Morgan fingerprint density at radius 3 is 2.12 bits per heavy atom. The van der Waals surface area contributed by atoms with Crippen LogP contribution in [-0.4, -0.2) is 15.0 Å². The summed E-state index contributed by atoms with van der Waals surface area (Å²) in [5.74, 6) is 0.421. The summed E-state index contributed by atoms with van der Waals surface area (Å²) in [7, 11) is 0. The normalized spacial score (nSPS) is 10.3. The zero-order valence-corrected chi connectivity index (χ0v) is 25.9. The third-order valence-corrected chi connectivity index (χ3v) is 7.02. The number of nitrogens with zero attached hydrogens (tertiary/aromatic N) is 5. The van der Waals surface area contributed by atoms with Crippen LogP contribution in [0.2, 0.25) is 0 Å². The molecule has 0 atom stereocenters. The molecule has 2 aromatic heterocycles. The number of pyridine rings is 1. The number of aromatic nitrogens is 3. The first-order valence-corrected chi connectivity index (χ1v) is 13.4. The van der Waals surface area contributed by atoms with Crippen LogP contribution < -0.4 is 0 Å². The van der Waals surface area contributed by atoms with Crippen LogP contribution in [0.1, 0.15) is 16.8 Å². The number of hydrogen-bond acceptors (Lipinski definition) is 4. The van der Waals surface area contributed by atoms with Crippen LogP contribution in [0, 0.1) is 37.8 Å². The van der Waals surface area contributed by atoms with Gasteiger partial charge in [-0.2, -0.15) is 10.2 Å². The maximum absolute atomic E-state index is 9.29. The molecule has 2 heterocycles. The minimum Gasteiger partial charge on any atom is -0.360 e. The first kappa shape index (κ1) is 29.2. The zero-order valence-electron chi connectivity index (χ0n) is 23.5. The van der Waals surface area contributed by atoms with Crippen molar-refractivity contribution in [1.82, 2.24) is 15.0 Å². The fraction of sp³-hybridized carbons (Fsp3) is 0.0541. The van der Waals surface area contributed by atoms with Gasteiger partial charge in [-0.1, -0.05) is 124 Å². The molecule has 5 nitrogen and oxygen atoms in total. The summed E-state index contributed by atoms with van der Waals surface area (Å²) < 4.78 is 0. The first-order chi connectivity index (χ1) is 20.5. The molecular weight excluding hydrogens is 707 g/mol. The van der Waals surface area contributed by atoms with Crippen molar-refractivity contribution in [3.63, 3.8) is 0 Å². The van der Waals surface area contributed by atoms with Crippen molar-refractivity contribution < 1.29 is 20.1 Å². The van der Waals surface area contributed by atoms with Gasteiger partial charge >= 0.3 is 0 Å². The van der Waals surface area contributed by atoms with Crippen LogP contribution in [0.5, 0.6) is 0 Å². The Hall–Kier alpha value is -5.26. The third kappa shape index (κ3) is 6.17. The van der Waals surface area contributed by atoms with E-state index in [0.717, 1.165) is 33.5 Å². The van der Waals surface area contributed by atoms with E-state index in [-0.39, 0.29) is 31.6 Å². The van der Waals surface area contributed by atoms with Crippen LogP contribution in [0.15, 0.2) is 109 Å². The molecule has 1 radical (unpaired) electrons. The molecule has 0 aliphatic heterocycles. The van der Waals surface area contributed by atoms with Gasteiger partial charge in [-0.15, -0.1) is 23.8 Å². The van der Waals surface area contributed by atoms with Gasteiger partial charge in [0.15, 0.2) is 0 Å². The Balaban J connectivity index is 0.00000368. The van der Waals surface area contributed by atoms with E-state index in [9.17, 15) is 5.26 Å². The van der Waals surface area contributed by atoms with Gasteiger partial charge in [0.25, 0.3) is 11.6 Å². The maximum Gasteiger partial charge on any atom is 0.274 e. The van der Waals surface area contributed by atoms with E-state index >= 15 is 0 Å². The van der Waals surface area contributed by atoms with Crippen molar-refractivity contribution in [2.75, 3.05) is 0 Å². The van der Waals surface area contributed by atoms with Crippen LogP contribution in [0.3, 0.4) is 0 Å². The Morgan fingerprint density at radius 2 is 1.44 bits per heavy atom. The van der Waals surface area contributed by atoms with Gasteiger partial charge in [-0.05, 0) is 36.2 Å². The van der Waals surface area contributed by atoms with E-state index in [1.165, 1.54) is 28.3 Å². The molecule has 0 amide bonds. The molecule has 0 aliphatic carbocycles. The van der Waals surface area contributed by atoms with Gasteiger partial charge in [-0.25, -0.2) is 0 Å². The molecular formula is C37H24IrN5-. The van der Waals surface area contributed by atoms with E-state index in [0.29, 0.717) is 11.4 Å². The second-order valence-corrected chi connectivity index (χ2v) is 10.1. The predicted molar refractivity (Wildman–Crippen MR) is 166 cm³/mol. The van der Waals surface area contributed by atoms with E-state index in [1.807, 2.05) is 36.4 Å². The van der Waals surface area contributed by atoms with E-state index in [2.05, 4.69) is 106 Å². The van der Waals surface area contributed by atoms with Gasteiger partial charge < -0.3 is 9.83 Å². The summed E-state index contributed by atoms with van der Waals surface area (Å²) in [5, 5.41) is 9.29. The summed E-state index contributed by atoms with van der Waals surface area (Å²) in [6.07, 6.45) is 1.67. The largest absolute Gasteiger partial charge is 0.360 e. The zero-order chi connectivity index (χ0) is 29.1. The van der Waals surface area contributed by atoms with E-state index in [4.69, 9.17) is 6.57 Å². The topological polar surface area (TPSA) is 66.8 Å². The summed E-state index contributed by atoms with van der Waals surface area (Å²) in [4.78, 5) is 16.5. The Labute approximate surface area is 264 Å². The summed E-state index contributed by atoms with van der Waals surface area (Å²) in [6, 6.07) is 40.3. The molecule has 43 heavy (non-hydrogen) atoms. The minimum atomic E-state index is 0. The smallest absolute Gasteiger partial charge is 0.274 e. The van der Waals surface area contributed by atoms with Crippen molar-refractivity contribution in [1.29, 1.82) is 5.26 Å². The Bertz CT molecular complexity index is 1970. The fourth-order valence-electron chi connectivity index (χ4n) is 5.18. The van der Waals surface area contributed by atoms with Crippen molar-refractivity contribution in [2.45, 2.75) is 13.8 Å². The first-order valence-electron chi connectivity index (χ1n) is 13.4. The van der Waals surface area contributed by atoms with Crippen molar-refractivity contribution in [2.24, 2.45) is 0 Å². The molecule has 4 aromatic carbocycles. The van der Waals surface area contributed by atoms with Gasteiger partial charge in [0, 0.05) is 32.4 Å². The molecule has 207 valence electrons. The molecule has 0 spiro atoms. The SMILES string of the molecule is [C-]#[N+]c1cc(C#N)nc(-c2ccc(-c3[c-]cc(-c4ccccc4-c4cc(C)cc(C)c4)c(-c4ccccc4)c3)nc2)n1.[Ir].